The lowest BCUT2D eigenvalue weighted by atomic mass is 10.2. The largest absolute Gasteiger partial charge is 0.349 e. The molecule has 0 spiro atoms. The highest BCUT2D eigenvalue weighted by atomic mass is 79.9. The van der Waals surface area contributed by atoms with E-state index in [1.54, 1.807) is 6.20 Å². The fraction of sp³-hybridized carbons (Fsp3) is 0.235. The van der Waals surface area contributed by atoms with E-state index in [0.29, 0.717) is 12.2 Å². The van der Waals surface area contributed by atoms with Gasteiger partial charge in [0, 0.05) is 17.6 Å². The molecule has 1 aromatic heterocycles. The first kappa shape index (κ1) is 17.1. The van der Waals surface area contributed by atoms with Crippen molar-refractivity contribution >= 4 is 33.4 Å². The molecular weight excluding hydrogens is 358 g/mol. The molecule has 120 valence electrons. The summed E-state index contributed by atoms with van der Waals surface area (Å²) >= 11 is 3.45. The molecule has 23 heavy (non-hydrogen) atoms. The molecule has 0 aliphatic rings. The fourth-order valence-electron chi connectivity index (χ4n) is 2.09. The molecule has 0 aliphatic heterocycles. The van der Waals surface area contributed by atoms with Crippen LogP contribution in [0.25, 0.3) is 0 Å². The third kappa shape index (κ3) is 4.89. The van der Waals surface area contributed by atoms with Crippen molar-refractivity contribution in [2.75, 3.05) is 11.4 Å². The number of amides is 2. The average Bonchev–Trinajstić information content (AvgIpc) is 2.52. The smallest absolute Gasteiger partial charge is 0.240 e. The first-order valence-electron chi connectivity index (χ1n) is 7.18. The molecule has 2 amide bonds. The number of anilines is 1. The van der Waals surface area contributed by atoms with Crippen molar-refractivity contribution in [2.24, 2.45) is 0 Å². The Morgan fingerprint density at radius 1 is 1.26 bits per heavy atom. The second-order valence-corrected chi connectivity index (χ2v) is 6.01. The van der Waals surface area contributed by atoms with Gasteiger partial charge in [-0.3, -0.25) is 14.6 Å². The van der Waals surface area contributed by atoms with E-state index in [9.17, 15) is 9.59 Å². The van der Waals surface area contributed by atoms with Gasteiger partial charge in [-0.25, -0.2) is 0 Å². The van der Waals surface area contributed by atoms with Gasteiger partial charge >= 0.3 is 0 Å². The van der Waals surface area contributed by atoms with Crippen LogP contribution in [0.3, 0.4) is 0 Å². The lowest BCUT2D eigenvalue weighted by Gasteiger charge is -2.22. The minimum Gasteiger partial charge on any atom is -0.349 e. The second-order valence-electron chi connectivity index (χ2n) is 5.16. The van der Waals surface area contributed by atoms with E-state index in [-0.39, 0.29) is 18.4 Å². The van der Waals surface area contributed by atoms with E-state index in [1.165, 1.54) is 11.8 Å². The highest BCUT2D eigenvalue weighted by Crippen LogP contribution is 2.27. The molecule has 1 N–H and O–H groups in total. The molecule has 0 aliphatic carbocycles. The Balaban J connectivity index is 2.04. The second kappa shape index (κ2) is 7.87. The van der Waals surface area contributed by atoms with Crippen LogP contribution in [0.15, 0.2) is 47.1 Å². The molecule has 2 aromatic rings. The van der Waals surface area contributed by atoms with E-state index >= 15 is 0 Å². The number of nitrogens with zero attached hydrogens (tertiary/aromatic N) is 2. The van der Waals surface area contributed by atoms with E-state index < -0.39 is 0 Å². The van der Waals surface area contributed by atoms with Crippen LogP contribution in [0.1, 0.15) is 18.2 Å². The summed E-state index contributed by atoms with van der Waals surface area (Å²) in [5.74, 6) is -0.430. The predicted octanol–water partition coefficient (Wildman–Crippen LogP) is 2.82. The van der Waals surface area contributed by atoms with E-state index in [0.717, 1.165) is 15.7 Å². The number of rotatable bonds is 5. The van der Waals surface area contributed by atoms with Gasteiger partial charge in [0.2, 0.25) is 11.8 Å². The zero-order chi connectivity index (χ0) is 16.8. The third-order valence-corrected chi connectivity index (χ3v) is 3.90. The average molecular weight is 376 g/mol. The number of halogens is 1. The number of pyridine rings is 1. The maximum atomic E-state index is 12.1. The van der Waals surface area contributed by atoms with E-state index in [1.807, 2.05) is 43.3 Å². The van der Waals surface area contributed by atoms with Crippen LogP contribution in [-0.4, -0.2) is 23.3 Å². The van der Waals surface area contributed by atoms with Crippen molar-refractivity contribution < 1.29 is 9.59 Å². The molecule has 0 atom stereocenters. The zero-order valence-corrected chi connectivity index (χ0v) is 14.6. The van der Waals surface area contributed by atoms with Crippen LogP contribution in [0.2, 0.25) is 0 Å². The Labute approximate surface area is 143 Å². The first-order valence-corrected chi connectivity index (χ1v) is 7.97. The zero-order valence-electron chi connectivity index (χ0n) is 13.0. The lowest BCUT2D eigenvalue weighted by molar-refractivity contribution is -0.123. The van der Waals surface area contributed by atoms with Gasteiger partial charge in [-0.1, -0.05) is 12.1 Å². The Morgan fingerprint density at radius 3 is 2.65 bits per heavy atom. The number of nitrogens with one attached hydrogen (secondary N) is 1. The molecule has 5 nitrogen and oxygen atoms in total. The first-order chi connectivity index (χ1) is 11.0. The molecule has 1 aromatic carbocycles. The summed E-state index contributed by atoms with van der Waals surface area (Å²) in [4.78, 5) is 29.6. The summed E-state index contributed by atoms with van der Waals surface area (Å²) in [5, 5.41) is 2.77. The summed E-state index contributed by atoms with van der Waals surface area (Å²) in [6, 6.07) is 11.2. The molecule has 0 radical (unpaired) electrons. The molecule has 0 fully saturated rings. The molecule has 0 saturated heterocycles. The van der Waals surface area contributed by atoms with Crippen LogP contribution < -0.4 is 10.2 Å². The van der Waals surface area contributed by atoms with Crippen LogP contribution in [-0.2, 0) is 16.1 Å². The number of hydrogen-bond acceptors (Lipinski definition) is 3. The summed E-state index contributed by atoms with van der Waals surface area (Å²) in [7, 11) is 0. The fourth-order valence-corrected chi connectivity index (χ4v) is 2.80. The topological polar surface area (TPSA) is 62.3 Å². The Hall–Kier alpha value is -2.21. The summed E-state index contributed by atoms with van der Waals surface area (Å²) < 4.78 is 0.783. The molecule has 6 heteroatoms. The van der Waals surface area contributed by atoms with Gasteiger partial charge in [0.25, 0.3) is 0 Å². The predicted molar refractivity (Wildman–Crippen MR) is 93.0 cm³/mol. The summed E-state index contributed by atoms with van der Waals surface area (Å²) in [6.07, 6.45) is 1.67. The minimum absolute atomic E-state index is 0.0379. The minimum atomic E-state index is -0.238. The maximum absolute atomic E-state index is 12.1. The van der Waals surface area contributed by atoms with Gasteiger partial charge in [-0.05, 0) is 52.7 Å². The quantitative estimate of drug-likeness (QED) is 0.873. The van der Waals surface area contributed by atoms with Crippen LogP contribution >= 0.6 is 15.9 Å². The van der Waals surface area contributed by atoms with Crippen molar-refractivity contribution in [3.05, 3.63) is 58.3 Å². The van der Waals surface area contributed by atoms with Gasteiger partial charge in [-0.2, -0.15) is 0 Å². The molecule has 0 saturated carbocycles. The number of benzene rings is 1. The molecule has 1 heterocycles. The van der Waals surface area contributed by atoms with Crippen LogP contribution in [0.4, 0.5) is 5.69 Å². The Morgan fingerprint density at radius 2 is 2.04 bits per heavy atom. The number of carbonyl (C=O) groups excluding carboxylic acids is 2. The summed E-state index contributed by atoms with van der Waals surface area (Å²) in [5.41, 5.74) is 2.52. The lowest BCUT2D eigenvalue weighted by Crippen LogP contribution is -2.39. The van der Waals surface area contributed by atoms with Gasteiger partial charge in [0.1, 0.15) is 6.54 Å². The Kier molecular flexibility index (Phi) is 5.87. The monoisotopic (exact) mass is 375 g/mol. The van der Waals surface area contributed by atoms with Crippen molar-refractivity contribution in [3.8, 4) is 0 Å². The van der Waals surface area contributed by atoms with Crippen molar-refractivity contribution in [3.63, 3.8) is 0 Å². The summed E-state index contributed by atoms with van der Waals surface area (Å²) in [6.45, 7) is 3.70. The standard InChI is InChI=1S/C17H18BrN3O2/c1-12-6-7-16(15(18)9-12)21(13(2)22)11-17(23)20-10-14-5-3-4-8-19-14/h3-9H,10-11H2,1-2H3,(H,20,23). The maximum Gasteiger partial charge on any atom is 0.240 e. The van der Waals surface area contributed by atoms with Crippen molar-refractivity contribution in [2.45, 2.75) is 20.4 Å². The third-order valence-electron chi connectivity index (χ3n) is 3.27. The van der Waals surface area contributed by atoms with Gasteiger partial charge < -0.3 is 10.2 Å². The normalized spacial score (nSPS) is 10.2. The van der Waals surface area contributed by atoms with Gasteiger partial charge in [0.15, 0.2) is 0 Å². The molecule has 2 rings (SSSR count). The van der Waals surface area contributed by atoms with E-state index in [4.69, 9.17) is 0 Å². The molecular formula is C17H18BrN3O2. The Bertz CT molecular complexity index is 704. The number of carbonyl (C=O) groups is 2. The number of aryl methyl sites for hydroxylation is 1. The van der Waals surface area contributed by atoms with E-state index in [2.05, 4.69) is 26.2 Å². The highest BCUT2D eigenvalue weighted by molar-refractivity contribution is 9.10. The number of aromatic nitrogens is 1. The number of hydrogen-bond donors (Lipinski definition) is 1. The van der Waals surface area contributed by atoms with Crippen LogP contribution in [0, 0.1) is 6.92 Å². The molecule has 0 bridgehead atoms. The SMILES string of the molecule is CC(=O)N(CC(=O)NCc1ccccn1)c1ccc(C)cc1Br. The molecule has 0 unspecified atom stereocenters. The van der Waals surface area contributed by atoms with Gasteiger partial charge in [0.05, 0.1) is 17.9 Å². The van der Waals surface area contributed by atoms with Gasteiger partial charge in [-0.15, -0.1) is 0 Å². The van der Waals surface area contributed by atoms with Crippen molar-refractivity contribution in [1.29, 1.82) is 0 Å². The van der Waals surface area contributed by atoms with Crippen molar-refractivity contribution in [1.82, 2.24) is 10.3 Å². The van der Waals surface area contributed by atoms with Crippen LogP contribution in [0.5, 0.6) is 0 Å². The highest BCUT2D eigenvalue weighted by Gasteiger charge is 2.18.